The van der Waals surface area contributed by atoms with Gasteiger partial charge in [-0.15, -0.1) is 0 Å². The molecule has 0 aliphatic rings. The highest BCUT2D eigenvalue weighted by molar-refractivity contribution is 8.00. The molecule has 0 spiro atoms. The normalized spacial score (nSPS) is 11.4. The summed E-state index contributed by atoms with van der Waals surface area (Å²) in [6, 6.07) is 19.2. The van der Waals surface area contributed by atoms with E-state index in [0.29, 0.717) is 38.9 Å². The Hall–Kier alpha value is -4.36. The van der Waals surface area contributed by atoms with Gasteiger partial charge in [-0.25, -0.2) is 9.98 Å². The van der Waals surface area contributed by atoms with Crippen LogP contribution < -0.4 is 19.3 Å². The Kier molecular flexibility index (Phi) is 8.05. The molecule has 188 valence electrons. The first kappa shape index (κ1) is 25.7. The molecule has 0 saturated carbocycles. The van der Waals surface area contributed by atoms with Crippen LogP contribution in [0.2, 0.25) is 0 Å². The van der Waals surface area contributed by atoms with Crippen LogP contribution in [0.3, 0.4) is 0 Å². The Bertz CT molecular complexity index is 1460. The molecule has 2 heterocycles. The number of hydrogen-bond donors (Lipinski definition) is 0. The van der Waals surface area contributed by atoms with Crippen molar-refractivity contribution in [2.24, 2.45) is 4.99 Å². The van der Waals surface area contributed by atoms with Crippen molar-refractivity contribution in [2.45, 2.75) is 24.9 Å². The molecule has 2 aromatic carbocycles. The average Bonchev–Trinajstić information content (AvgIpc) is 3.40. The number of hydrogen-bond acceptors (Lipinski definition) is 9. The van der Waals surface area contributed by atoms with Gasteiger partial charge in [0.2, 0.25) is 5.27 Å². The van der Waals surface area contributed by atoms with Gasteiger partial charge in [0.1, 0.15) is 22.6 Å². The molecule has 4 rings (SSSR count). The highest BCUT2D eigenvalue weighted by Gasteiger charge is 2.19. The van der Waals surface area contributed by atoms with Crippen LogP contribution in [0.25, 0.3) is 22.4 Å². The van der Waals surface area contributed by atoms with E-state index in [2.05, 4.69) is 16.3 Å². The summed E-state index contributed by atoms with van der Waals surface area (Å²) >= 11 is 1.14. The van der Waals surface area contributed by atoms with Crippen LogP contribution in [0.15, 0.2) is 75.3 Å². The number of nitriles is 1. The first-order chi connectivity index (χ1) is 17.9. The van der Waals surface area contributed by atoms with Gasteiger partial charge in [0, 0.05) is 22.4 Å². The maximum absolute atomic E-state index is 12.6. The minimum Gasteiger partial charge on any atom is -0.861 e. The third-order valence-electron chi connectivity index (χ3n) is 5.43. The number of nitrogens with zero attached hydrogens (tertiary/aromatic N) is 5. The van der Waals surface area contributed by atoms with E-state index in [4.69, 9.17) is 19.0 Å². The topological polar surface area (TPSA) is 120 Å². The minimum atomic E-state index is -0.437. The fourth-order valence-electron chi connectivity index (χ4n) is 3.56. The van der Waals surface area contributed by atoms with Crippen molar-refractivity contribution in [2.75, 3.05) is 20.0 Å². The fourth-order valence-corrected chi connectivity index (χ4v) is 4.34. The van der Waals surface area contributed by atoms with Crippen LogP contribution >= 0.6 is 11.8 Å². The van der Waals surface area contributed by atoms with Gasteiger partial charge in [-0.2, -0.15) is 5.26 Å². The molecule has 9 nitrogen and oxygen atoms in total. The number of aromatic nitrogens is 3. The molecule has 10 heteroatoms. The van der Waals surface area contributed by atoms with Crippen molar-refractivity contribution in [1.82, 2.24) is 10.3 Å². The van der Waals surface area contributed by atoms with Gasteiger partial charge in [0.15, 0.2) is 6.04 Å². The van der Waals surface area contributed by atoms with Gasteiger partial charge in [-0.1, -0.05) is 42.1 Å². The largest absolute Gasteiger partial charge is 0.861 e. The lowest BCUT2D eigenvalue weighted by atomic mass is 9.98. The zero-order valence-corrected chi connectivity index (χ0v) is 21.7. The second-order valence-corrected chi connectivity index (χ2v) is 9.15. The third kappa shape index (κ3) is 5.90. The van der Waals surface area contributed by atoms with Crippen molar-refractivity contribution < 1.29 is 23.8 Å². The summed E-state index contributed by atoms with van der Waals surface area (Å²) in [6.45, 7) is 3.88. The molecule has 0 fully saturated rings. The van der Waals surface area contributed by atoms with E-state index in [-0.39, 0.29) is 17.7 Å². The molecule has 0 unspecified atom stereocenters. The standard InChI is InChI=1S/C27H25N5O4S/c1-17(2)32-15-26(36-31-32)30-25(33)16-37-27-22(14-28)20(13-23(29-27)18-8-6-5-7-9-18)21-12-19(34-3)10-11-24(21)35-4/h5-13,15,17H,16H2,1-4H3. The van der Waals surface area contributed by atoms with E-state index in [1.807, 2.05) is 56.3 Å². The van der Waals surface area contributed by atoms with Crippen molar-refractivity contribution in [1.29, 1.82) is 5.26 Å². The van der Waals surface area contributed by atoms with E-state index in [1.54, 1.807) is 37.2 Å². The molecule has 0 atom stereocenters. The van der Waals surface area contributed by atoms with Crippen molar-refractivity contribution in [3.05, 3.63) is 66.4 Å². The monoisotopic (exact) mass is 515 g/mol. The lowest BCUT2D eigenvalue weighted by molar-refractivity contribution is -0.779. The van der Waals surface area contributed by atoms with Crippen LogP contribution in [0.4, 0.5) is 5.88 Å². The molecule has 0 bridgehead atoms. The van der Waals surface area contributed by atoms with Crippen LogP contribution in [-0.4, -0.2) is 36.1 Å². The Morgan fingerprint density at radius 2 is 1.92 bits per heavy atom. The lowest BCUT2D eigenvalue weighted by Gasteiger charge is -2.16. The van der Waals surface area contributed by atoms with Crippen molar-refractivity contribution >= 4 is 23.5 Å². The van der Waals surface area contributed by atoms with Crippen molar-refractivity contribution in [3.8, 4) is 40.0 Å². The molecule has 0 saturated heterocycles. The Labute approximate surface area is 219 Å². The summed E-state index contributed by atoms with van der Waals surface area (Å²) in [5.74, 6) is 0.831. The van der Waals surface area contributed by atoms with Crippen LogP contribution in [0, 0.1) is 11.3 Å². The summed E-state index contributed by atoms with van der Waals surface area (Å²) in [5.41, 5.74) is 3.14. The first-order valence-corrected chi connectivity index (χ1v) is 12.4. The predicted molar refractivity (Wildman–Crippen MR) is 138 cm³/mol. The molecule has 0 amide bonds. The SMILES string of the molecule is COc1ccc(OC)c(-c2cc(-c3ccccc3)nc(SC/C([O-])=N\c3c[n+](C(C)C)no3)c2C#N)c1. The molecule has 37 heavy (non-hydrogen) atoms. The Morgan fingerprint density at radius 3 is 2.57 bits per heavy atom. The van der Waals surface area contributed by atoms with E-state index < -0.39 is 5.90 Å². The maximum atomic E-state index is 12.6. The Morgan fingerprint density at radius 1 is 1.14 bits per heavy atom. The van der Waals surface area contributed by atoms with Gasteiger partial charge in [-0.3, -0.25) is 4.52 Å². The zero-order chi connectivity index (χ0) is 26.4. The van der Waals surface area contributed by atoms with Gasteiger partial charge in [0.25, 0.3) is 6.20 Å². The fraction of sp³-hybridized carbons (Fsp3) is 0.222. The summed E-state index contributed by atoms with van der Waals surface area (Å²) in [7, 11) is 3.14. The highest BCUT2D eigenvalue weighted by Crippen LogP contribution is 2.39. The summed E-state index contributed by atoms with van der Waals surface area (Å²) in [5, 5.41) is 27.0. The predicted octanol–water partition coefficient (Wildman–Crippen LogP) is 4.34. The average molecular weight is 516 g/mol. The maximum Gasteiger partial charge on any atom is 0.320 e. The van der Waals surface area contributed by atoms with Gasteiger partial charge in [0.05, 0.1) is 25.5 Å². The number of aliphatic imine (C=N–C) groups is 1. The number of thioether (sulfide) groups is 1. The second-order valence-electron chi connectivity index (χ2n) is 8.19. The first-order valence-electron chi connectivity index (χ1n) is 11.4. The Balaban J connectivity index is 1.77. The number of benzene rings is 2. The highest BCUT2D eigenvalue weighted by atomic mass is 32.2. The van der Waals surface area contributed by atoms with Crippen LogP contribution in [0.1, 0.15) is 25.5 Å². The zero-order valence-electron chi connectivity index (χ0n) is 20.8. The smallest absolute Gasteiger partial charge is 0.320 e. The molecular weight excluding hydrogens is 490 g/mol. The van der Waals surface area contributed by atoms with Crippen molar-refractivity contribution in [3.63, 3.8) is 0 Å². The van der Waals surface area contributed by atoms with E-state index >= 15 is 0 Å². The number of ether oxygens (including phenoxy) is 2. The molecule has 4 aromatic rings. The summed E-state index contributed by atoms with van der Waals surface area (Å²) in [4.78, 5) is 8.73. The third-order valence-corrected chi connectivity index (χ3v) is 6.39. The lowest BCUT2D eigenvalue weighted by Crippen LogP contribution is -2.36. The van der Waals surface area contributed by atoms with E-state index in [1.165, 1.54) is 0 Å². The molecule has 0 radical (unpaired) electrons. The number of rotatable bonds is 9. The summed E-state index contributed by atoms with van der Waals surface area (Å²) < 4.78 is 17.7. The van der Waals surface area contributed by atoms with Gasteiger partial charge in [-0.05, 0) is 48.7 Å². The van der Waals surface area contributed by atoms with Crippen LogP contribution in [0.5, 0.6) is 11.5 Å². The quantitative estimate of drug-likeness (QED) is 0.140. The molecule has 0 aliphatic carbocycles. The van der Waals surface area contributed by atoms with Gasteiger partial charge < -0.3 is 14.6 Å². The number of methoxy groups -OCH3 is 2. The minimum absolute atomic E-state index is 0.0447. The number of pyridine rings is 1. The van der Waals surface area contributed by atoms with Crippen LogP contribution in [-0.2, 0) is 0 Å². The second kappa shape index (κ2) is 11.6. The summed E-state index contributed by atoms with van der Waals surface area (Å²) in [6.07, 6.45) is 1.56. The van der Waals surface area contributed by atoms with E-state index in [9.17, 15) is 10.4 Å². The van der Waals surface area contributed by atoms with E-state index in [0.717, 1.165) is 17.3 Å². The molecule has 0 aliphatic heterocycles. The molecular formula is C27H25N5O4S. The molecule has 2 aromatic heterocycles. The molecule has 0 N–H and O–H groups in total. The van der Waals surface area contributed by atoms with Gasteiger partial charge >= 0.3 is 5.88 Å².